The topological polar surface area (TPSA) is 65.0 Å². The minimum atomic E-state index is -0.414. The Balaban J connectivity index is 2.56. The third-order valence-corrected chi connectivity index (χ3v) is 1.78. The molecule has 0 aliphatic heterocycles. The molecule has 0 aliphatic carbocycles. The van der Waals surface area contributed by atoms with E-state index >= 15 is 0 Å². The molecule has 0 fully saturated rings. The molecular formula is C9H7N3O2. The van der Waals surface area contributed by atoms with Gasteiger partial charge in [0, 0.05) is 17.8 Å². The third kappa shape index (κ3) is 1.39. The Hall–Kier alpha value is -2.04. The summed E-state index contributed by atoms with van der Waals surface area (Å²) in [5.74, 6) is -0.414. The number of esters is 1. The molecule has 0 aliphatic rings. The van der Waals surface area contributed by atoms with Crippen molar-refractivity contribution in [3.05, 3.63) is 30.4 Å². The van der Waals surface area contributed by atoms with Crippen molar-refractivity contribution < 1.29 is 9.53 Å². The number of aromatic nitrogens is 3. The molecule has 2 heterocycles. The fraction of sp³-hybridized carbons (Fsp3) is 0.111. The maximum Gasteiger partial charge on any atom is 0.339 e. The van der Waals surface area contributed by atoms with Crippen LogP contribution in [0.15, 0.2) is 24.8 Å². The molecule has 0 atom stereocenters. The molecule has 2 rings (SSSR count). The highest BCUT2D eigenvalue weighted by molar-refractivity contribution is 5.92. The zero-order valence-electron chi connectivity index (χ0n) is 7.47. The number of carbonyl (C=O) groups excluding carboxylic acids is 1. The van der Waals surface area contributed by atoms with E-state index in [2.05, 4.69) is 19.7 Å². The van der Waals surface area contributed by atoms with Gasteiger partial charge >= 0.3 is 5.97 Å². The Morgan fingerprint density at radius 1 is 1.36 bits per heavy atom. The van der Waals surface area contributed by atoms with E-state index in [1.54, 1.807) is 12.3 Å². The van der Waals surface area contributed by atoms with Crippen molar-refractivity contribution >= 4 is 17.0 Å². The van der Waals surface area contributed by atoms with Gasteiger partial charge in [0.05, 0.1) is 12.7 Å². The molecule has 0 saturated carbocycles. The van der Waals surface area contributed by atoms with Crippen molar-refractivity contribution in [1.29, 1.82) is 0 Å². The van der Waals surface area contributed by atoms with Crippen molar-refractivity contribution in [2.45, 2.75) is 0 Å². The number of rotatable bonds is 1. The molecule has 5 heteroatoms. The first-order valence-corrected chi connectivity index (χ1v) is 3.95. The molecule has 2 aromatic heterocycles. The Bertz CT molecular complexity index is 484. The first-order chi connectivity index (χ1) is 6.81. The highest BCUT2D eigenvalue weighted by atomic mass is 16.5. The molecule has 0 amide bonds. The summed E-state index contributed by atoms with van der Waals surface area (Å²) in [7, 11) is 1.33. The second kappa shape index (κ2) is 3.37. The van der Waals surface area contributed by atoms with Crippen LogP contribution in [0.5, 0.6) is 0 Å². The lowest BCUT2D eigenvalue weighted by atomic mass is 10.2. The summed E-state index contributed by atoms with van der Waals surface area (Å²) in [6, 6.07) is 1.65. The highest BCUT2D eigenvalue weighted by Gasteiger charge is 2.06. The van der Waals surface area contributed by atoms with Crippen LogP contribution in [0.1, 0.15) is 10.4 Å². The zero-order chi connectivity index (χ0) is 9.97. The first kappa shape index (κ1) is 8.55. The molecule has 5 nitrogen and oxygen atoms in total. The van der Waals surface area contributed by atoms with E-state index in [1.165, 1.54) is 19.6 Å². The van der Waals surface area contributed by atoms with Gasteiger partial charge in [-0.25, -0.2) is 19.7 Å². The van der Waals surface area contributed by atoms with Crippen LogP contribution >= 0.6 is 0 Å². The standard InChI is InChI=1S/C9H7N3O2/c1-14-9(13)7-2-6-3-10-5-12-8(6)11-4-7/h2-5H,1H3. The van der Waals surface area contributed by atoms with Gasteiger partial charge in [-0.05, 0) is 6.07 Å². The van der Waals surface area contributed by atoms with Gasteiger partial charge in [0.25, 0.3) is 0 Å². The number of fused-ring (bicyclic) bond motifs is 1. The number of nitrogens with zero attached hydrogens (tertiary/aromatic N) is 3. The summed E-state index contributed by atoms with van der Waals surface area (Å²) >= 11 is 0. The molecule has 0 unspecified atom stereocenters. The van der Waals surface area contributed by atoms with E-state index in [-0.39, 0.29) is 0 Å². The van der Waals surface area contributed by atoms with E-state index in [1.807, 2.05) is 0 Å². The zero-order valence-corrected chi connectivity index (χ0v) is 7.47. The summed E-state index contributed by atoms with van der Waals surface area (Å²) in [6.07, 6.45) is 4.44. The molecule has 70 valence electrons. The molecule has 0 aromatic carbocycles. The summed E-state index contributed by atoms with van der Waals surface area (Å²) < 4.78 is 4.57. The normalized spacial score (nSPS) is 10.1. The van der Waals surface area contributed by atoms with E-state index in [4.69, 9.17) is 0 Å². The smallest absolute Gasteiger partial charge is 0.339 e. The van der Waals surface area contributed by atoms with Gasteiger partial charge in [-0.15, -0.1) is 0 Å². The fourth-order valence-electron chi connectivity index (χ4n) is 1.11. The minimum absolute atomic E-state index is 0.398. The number of pyridine rings is 1. The summed E-state index contributed by atoms with van der Waals surface area (Å²) in [5, 5.41) is 0.718. The predicted octanol–water partition coefficient (Wildman–Crippen LogP) is 0.811. The Labute approximate surface area is 79.8 Å². The lowest BCUT2D eigenvalue weighted by Gasteiger charge is -1.99. The number of ether oxygens (including phenoxy) is 1. The van der Waals surface area contributed by atoms with Crippen LogP contribution in [0.2, 0.25) is 0 Å². The fourth-order valence-corrected chi connectivity index (χ4v) is 1.11. The largest absolute Gasteiger partial charge is 0.465 e. The molecule has 0 spiro atoms. The van der Waals surface area contributed by atoms with Gasteiger partial charge in [-0.2, -0.15) is 0 Å². The van der Waals surface area contributed by atoms with E-state index in [0.717, 1.165) is 5.39 Å². The van der Waals surface area contributed by atoms with Gasteiger partial charge < -0.3 is 4.74 Å². The highest BCUT2D eigenvalue weighted by Crippen LogP contribution is 2.09. The van der Waals surface area contributed by atoms with Crippen molar-refractivity contribution in [2.75, 3.05) is 7.11 Å². The maximum atomic E-state index is 11.2. The summed E-state index contributed by atoms with van der Waals surface area (Å²) in [5.41, 5.74) is 0.961. The van der Waals surface area contributed by atoms with Crippen LogP contribution in [0.3, 0.4) is 0 Å². The number of hydrogen-bond donors (Lipinski definition) is 0. The average Bonchev–Trinajstić information content (AvgIpc) is 2.27. The van der Waals surface area contributed by atoms with Gasteiger partial charge in [0.2, 0.25) is 0 Å². The van der Waals surface area contributed by atoms with E-state index in [9.17, 15) is 4.79 Å². The second-order valence-corrected chi connectivity index (χ2v) is 2.65. The van der Waals surface area contributed by atoms with Crippen molar-refractivity contribution in [2.24, 2.45) is 0 Å². The molecule has 0 radical (unpaired) electrons. The third-order valence-electron chi connectivity index (χ3n) is 1.78. The Morgan fingerprint density at radius 2 is 2.21 bits per heavy atom. The number of methoxy groups -OCH3 is 1. The van der Waals surface area contributed by atoms with Crippen molar-refractivity contribution in [3.8, 4) is 0 Å². The van der Waals surface area contributed by atoms with Crippen LogP contribution in [0.4, 0.5) is 0 Å². The first-order valence-electron chi connectivity index (χ1n) is 3.95. The molecule has 0 saturated heterocycles. The van der Waals surface area contributed by atoms with Crippen molar-refractivity contribution in [3.63, 3.8) is 0 Å². The van der Waals surface area contributed by atoms with Crippen LogP contribution < -0.4 is 0 Å². The van der Waals surface area contributed by atoms with Gasteiger partial charge in [-0.3, -0.25) is 0 Å². The quantitative estimate of drug-likeness (QED) is 0.621. The van der Waals surface area contributed by atoms with Crippen LogP contribution in [-0.4, -0.2) is 28.0 Å². The SMILES string of the molecule is COC(=O)c1cnc2ncncc2c1. The second-order valence-electron chi connectivity index (χ2n) is 2.65. The number of hydrogen-bond acceptors (Lipinski definition) is 5. The predicted molar refractivity (Wildman–Crippen MR) is 48.7 cm³/mol. The van der Waals surface area contributed by atoms with Crippen LogP contribution in [0, 0.1) is 0 Å². The van der Waals surface area contributed by atoms with Gasteiger partial charge in [0.15, 0.2) is 5.65 Å². The number of carbonyl (C=O) groups is 1. The summed E-state index contributed by atoms with van der Waals surface area (Å²) in [6.45, 7) is 0. The Kier molecular flexibility index (Phi) is 2.06. The van der Waals surface area contributed by atoms with Gasteiger partial charge in [-0.1, -0.05) is 0 Å². The van der Waals surface area contributed by atoms with Crippen LogP contribution in [-0.2, 0) is 4.74 Å². The molecule has 0 N–H and O–H groups in total. The minimum Gasteiger partial charge on any atom is -0.465 e. The van der Waals surface area contributed by atoms with Gasteiger partial charge in [0.1, 0.15) is 6.33 Å². The average molecular weight is 189 g/mol. The van der Waals surface area contributed by atoms with E-state index < -0.39 is 5.97 Å². The maximum absolute atomic E-state index is 11.2. The molecule has 0 bridgehead atoms. The molecule has 2 aromatic rings. The lowest BCUT2D eigenvalue weighted by Crippen LogP contribution is -2.02. The van der Waals surface area contributed by atoms with Crippen LogP contribution in [0.25, 0.3) is 11.0 Å². The summed E-state index contributed by atoms with van der Waals surface area (Å²) in [4.78, 5) is 22.9. The molecule has 14 heavy (non-hydrogen) atoms. The Morgan fingerprint density at radius 3 is 3.00 bits per heavy atom. The van der Waals surface area contributed by atoms with Crippen molar-refractivity contribution in [1.82, 2.24) is 15.0 Å². The lowest BCUT2D eigenvalue weighted by molar-refractivity contribution is 0.0600. The monoisotopic (exact) mass is 189 g/mol. The molecular weight excluding hydrogens is 182 g/mol. The van der Waals surface area contributed by atoms with E-state index in [0.29, 0.717) is 11.2 Å².